The van der Waals surface area contributed by atoms with Crippen LogP contribution in [0.5, 0.6) is 0 Å². The molecule has 0 radical (unpaired) electrons. The maximum Gasteiger partial charge on any atom is 0.488 e. The van der Waals surface area contributed by atoms with Crippen LogP contribution in [0.2, 0.25) is 5.02 Å². The molecule has 0 fully saturated rings. The van der Waals surface area contributed by atoms with Crippen LogP contribution in [0.15, 0.2) is 48.5 Å². The lowest BCUT2D eigenvalue weighted by atomic mass is 9.79. The zero-order valence-corrected chi connectivity index (χ0v) is 11.3. The lowest BCUT2D eigenvalue weighted by Gasteiger charge is -2.07. The summed E-state index contributed by atoms with van der Waals surface area (Å²) >= 11 is 5.86. The Bertz CT molecular complexity index is 619. The Kier molecular flexibility index (Phi) is 4.79. The van der Waals surface area contributed by atoms with E-state index < -0.39 is 7.12 Å². The fourth-order valence-electron chi connectivity index (χ4n) is 1.77. The highest BCUT2D eigenvalue weighted by molar-refractivity contribution is 6.58. The van der Waals surface area contributed by atoms with Gasteiger partial charge in [-0.05, 0) is 35.3 Å². The van der Waals surface area contributed by atoms with Gasteiger partial charge < -0.3 is 15.4 Å². The summed E-state index contributed by atoms with van der Waals surface area (Å²) in [5.74, 6) is -0.285. The number of hydrogen-bond donors (Lipinski definition) is 3. The Morgan fingerprint density at radius 2 is 1.90 bits per heavy atom. The molecule has 4 nitrogen and oxygen atoms in total. The summed E-state index contributed by atoms with van der Waals surface area (Å²) in [6.45, 7) is 0.352. The molecule has 0 bridgehead atoms. The lowest BCUT2D eigenvalue weighted by Crippen LogP contribution is -2.31. The van der Waals surface area contributed by atoms with Crippen molar-refractivity contribution < 1.29 is 14.8 Å². The molecule has 0 aliphatic heterocycles. The van der Waals surface area contributed by atoms with Crippen LogP contribution in [-0.2, 0) is 6.54 Å². The molecule has 2 aromatic rings. The van der Waals surface area contributed by atoms with E-state index in [1.165, 1.54) is 6.07 Å². The average molecular weight is 290 g/mol. The van der Waals surface area contributed by atoms with Crippen molar-refractivity contribution in [3.8, 4) is 0 Å². The number of benzene rings is 2. The van der Waals surface area contributed by atoms with Gasteiger partial charge in [0.25, 0.3) is 5.91 Å². The summed E-state index contributed by atoms with van der Waals surface area (Å²) in [6, 6.07) is 13.4. The summed E-state index contributed by atoms with van der Waals surface area (Å²) < 4.78 is 0. The quantitative estimate of drug-likeness (QED) is 0.734. The molecule has 2 rings (SSSR count). The molecule has 2 aromatic carbocycles. The largest absolute Gasteiger partial charge is 0.488 e. The second-order valence-corrected chi connectivity index (χ2v) is 4.75. The number of rotatable bonds is 4. The second-order valence-electron chi connectivity index (χ2n) is 4.31. The van der Waals surface area contributed by atoms with Gasteiger partial charge in [0.2, 0.25) is 0 Å². The van der Waals surface area contributed by atoms with Gasteiger partial charge in [-0.15, -0.1) is 0 Å². The van der Waals surface area contributed by atoms with E-state index in [0.29, 0.717) is 17.1 Å². The molecule has 0 heterocycles. The summed E-state index contributed by atoms with van der Waals surface area (Å²) in [5.41, 5.74) is 1.54. The van der Waals surface area contributed by atoms with E-state index in [2.05, 4.69) is 5.32 Å². The Morgan fingerprint density at radius 3 is 2.60 bits per heavy atom. The number of hydrogen-bond acceptors (Lipinski definition) is 3. The minimum Gasteiger partial charge on any atom is -0.423 e. The third-order valence-electron chi connectivity index (χ3n) is 2.79. The highest BCUT2D eigenvalue weighted by Crippen LogP contribution is 2.10. The number of nitrogens with one attached hydrogen (secondary N) is 1. The van der Waals surface area contributed by atoms with Crippen LogP contribution in [-0.4, -0.2) is 23.1 Å². The van der Waals surface area contributed by atoms with Gasteiger partial charge in [0, 0.05) is 17.1 Å². The third kappa shape index (κ3) is 3.84. The van der Waals surface area contributed by atoms with Gasteiger partial charge in [-0.2, -0.15) is 0 Å². The van der Waals surface area contributed by atoms with Crippen molar-refractivity contribution in [2.45, 2.75) is 6.54 Å². The Hall–Kier alpha value is -1.82. The molecule has 0 aliphatic rings. The highest BCUT2D eigenvalue weighted by Gasteiger charge is 2.13. The molecule has 0 aromatic heterocycles. The fourth-order valence-corrected chi connectivity index (χ4v) is 1.98. The first-order chi connectivity index (χ1) is 9.56. The van der Waals surface area contributed by atoms with Crippen molar-refractivity contribution in [1.29, 1.82) is 0 Å². The Balaban J connectivity index is 2.03. The van der Waals surface area contributed by atoms with E-state index in [0.717, 1.165) is 5.56 Å². The molecule has 0 atom stereocenters. The van der Waals surface area contributed by atoms with Crippen LogP contribution >= 0.6 is 11.6 Å². The maximum atomic E-state index is 12.0. The van der Waals surface area contributed by atoms with E-state index >= 15 is 0 Å². The summed E-state index contributed by atoms with van der Waals surface area (Å²) in [4.78, 5) is 12.0. The van der Waals surface area contributed by atoms with Gasteiger partial charge in [0.1, 0.15) is 0 Å². The SMILES string of the molecule is O=C(NCc1cccc(Cl)c1)c1cccc(B(O)O)c1. The van der Waals surface area contributed by atoms with Gasteiger partial charge in [-0.3, -0.25) is 4.79 Å². The monoisotopic (exact) mass is 289 g/mol. The van der Waals surface area contributed by atoms with Crippen molar-refractivity contribution in [2.75, 3.05) is 0 Å². The van der Waals surface area contributed by atoms with Crippen molar-refractivity contribution >= 4 is 30.1 Å². The van der Waals surface area contributed by atoms with E-state index in [1.54, 1.807) is 30.3 Å². The second kappa shape index (κ2) is 6.57. The van der Waals surface area contributed by atoms with E-state index in [4.69, 9.17) is 21.6 Å². The Morgan fingerprint density at radius 1 is 1.15 bits per heavy atom. The van der Waals surface area contributed by atoms with Crippen molar-refractivity contribution in [3.05, 3.63) is 64.7 Å². The molecule has 102 valence electrons. The lowest BCUT2D eigenvalue weighted by molar-refractivity contribution is 0.0951. The van der Waals surface area contributed by atoms with Crippen LogP contribution in [0.1, 0.15) is 15.9 Å². The predicted molar refractivity (Wildman–Crippen MR) is 78.9 cm³/mol. The minimum atomic E-state index is -1.59. The smallest absolute Gasteiger partial charge is 0.423 e. The fraction of sp³-hybridized carbons (Fsp3) is 0.0714. The molecule has 1 amide bonds. The zero-order valence-electron chi connectivity index (χ0n) is 10.6. The molecule has 0 aliphatic carbocycles. The normalized spacial score (nSPS) is 10.2. The number of carbonyl (C=O) groups is 1. The third-order valence-corrected chi connectivity index (χ3v) is 3.02. The van der Waals surface area contributed by atoms with Crippen LogP contribution in [0.3, 0.4) is 0 Å². The first-order valence-electron chi connectivity index (χ1n) is 6.05. The molecule has 0 spiro atoms. The molecular weight excluding hydrogens is 276 g/mol. The molecule has 0 saturated carbocycles. The molecule has 0 saturated heterocycles. The maximum absolute atomic E-state index is 12.0. The van der Waals surface area contributed by atoms with Gasteiger partial charge in [0.15, 0.2) is 0 Å². The summed E-state index contributed by atoms with van der Waals surface area (Å²) in [6.07, 6.45) is 0. The average Bonchev–Trinajstić information content (AvgIpc) is 2.45. The molecule has 0 unspecified atom stereocenters. The van der Waals surface area contributed by atoms with Crippen LogP contribution in [0.4, 0.5) is 0 Å². The first kappa shape index (κ1) is 14.6. The van der Waals surface area contributed by atoms with E-state index in [9.17, 15) is 4.79 Å². The topological polar surface area (TPSA) is 69.6 Å². The molecular formula is C14H13BClNO3. The van der Waals surface area contributed by atoms with Crippen molar-refractivity contribution in [1.82, 2.24) is 5.32 Å². The van der Waals surface area contributed by atoms with Crippen LogP contribution in [0.25, 0.3) is 0 Å². The van der Waals surface area contributed by atoms with Gasteiger partial charge in [-0.25, -0.2) is 0 Å². The van der Waals surface area contributed by atoms with Crippen molar-refractivity contribution in [2.24, 2.45) is 0 Å². The molecule has 3 N–H and O–H groups in total. The molecule has 20 heavy (non-hydrogen) atoms. The van der Waals surface area contributed by atoms with Crippen molar-refractivity contribution in [3.63, 3.8) is 0 Å². The number of halogens is 1. The standard InChI is InChI=1S/C14H13BClNO3/c16-13-6-1-3-10(7-13)9-17-14(18)11-4-2-5-12(8-11)15(19)20/h1-8,19-20H,9H2,(H,17,18). The van der Waals surface area contributed by atoms with Gasteiger partial charge >= 0.3 is 7.12 Å². The number of amides is 1. The van der Waals surface area contributed by atoms with E-state index in [1.807, 2.05) is 12.1 Å². The minimum absolute atomic E-state index is 0.278. The van der Waals surface area contributed by atoms with Gasteiger partial charge in [0.05, 0.1) is 0 Å². The number of carbonyl (C=O) groups excluding carboxylic acids is 1. The predicted octanol–water partition coefficient (Wildman–Crippen LogP) is 0.950. The molecule has 6 heteroatoms. The highest BCUT2D eigenvalue weighted by atomic mass is 35.5. The van der Waals surface area contributed by atoms with Crippen LogP contribution in [0, 0.1) is 0 Å². The Labute approximate surface area is 122 Å². The van der Waals surface area contributed by atoms with Crippen LogP contribution < -0.4 is 10.8 Å². The van der Waals surface area contributed by atoms with Gasteiger partial charge in [-0.1, -0.05) is 35.9 Å². The zero-order chi connectivity index (χ0) is 14.5. The first-order valence-corrected chi connectivity index (χ1v) is 6.43. The summed E-state index contributed by atoms with van der Waals surface area (Å²) in [5, 5.41) is 21.5. The summed E-state index contributed by atoms with van der Waals surface area (Å²) in [7, 11) is -1.59. The van der Waals surface area contributed by atoms with E-state index in [-0.39, 0.29) is 11.4 Å².